The Morgan fingerprint density at radius 2 is 2.00 bits per heavy atom. The van der Waals surface area contributed by atoms with Crippen LogP contribution in [0.5, 0.6) is 0 Å². The van der Waals surface area contributed by atoms with Gasteiger partial charge in [-0.25, -0.2) is 0 Å². The monoisotopic (exact) mass is 181 g/mol. The van der Waals surface area contributed by atoms with Gasteiger partial charge >= 0.3 is 0 Å². The van der Waals surface area contributed by atoms with E-state index in [0.29, 0.717) is 11.4 Å². The molecule has 1 amide bonds. The molecule has 0 fully saturated rings. The molecule has 0 spiro atoms. The fourth-order valence-corrected chi connectivity index (χ4v) is 0.748. The molecule has 0 unspecified atom stereocenters. The number of rotatable bonds is 3. The maximum absolute atomic E-state index is 10.6. The number of aliphatic hydroxyl groups is 1. The van der Waals surface area contributed by atoms with Crippen LogP contribution in [0.15, 0.2) is 24.3 Å². The molecule has 1 aromatic rings. The first-order chi connectivity index (χ1) is 6.22. The number of carbonyl (C=O) groups is 1. The summed E-state index contributed by atoms with van der Waals surface area (Å²) in [4.78, 5) is 10.6. The van der Waals surface area contributed by atoms with E-state index in [0.717, 1.165) is 0 Å². The van der Waals surface area contributed by atoms with Crippen LogP contribution in [0.3, 0.4) is 0 Å². The summed E-state index contributed by atoms with van der Waals surface area (Å²) in [7, 11) is 0. The third kappa shape index (κ3) is 3.00. The zero-order valence-corrected chi connectivity index (χ0v) is 6.95. The standard InChI is InChI=1S/C8H11N3O2/c9-6-1-3-7(4-2-6)10-11-8(13)5-12/h1-4,10,12H,5,9H2,(H,11,13). The summed E-state index contributed by atoms with van der Waals surface area (Å²) in [6, 6.07) is 6.83. The number of nitrogens with two attached hydrogens (primary N) is 1. The zero-order chi connectivity index (χ0) is 9.68. The van der Waals surface area contributed by atoms with Crippen molar-refractivity contribution in [3.63, 3.8) is 0 Å². The molecule has 0 radical (unpaired) electrons. The molecule has 0 atom stereocenters. The van der Waals surface area contributed by atoms with Gasteiger partial charge in [-0.15, -0.1) is 0 Å². The third-order valence-corrected chi connectivity index (χ3v) is 1.40. The van der Waals surface area contributed by atoms with Crippen molar-refractivity contribution in [2.24, 2.45) is 0 Å². The Morgan fingerprint density at radius 3 is 2.54 bits per heavy atom. The Balaban J connectivity index is 2.46. The van der Waals surface area contributed by atoms with Crippen molar-refractivity contribution in [3.05, 3.63) is 24.3 Å². The second kappa shape index (κ2) is 4.32. The van der Waals surface area contributed by atoms with E-state index >= 15 is 0 Å². The zero-order valence-electron chi connectivity index (χ0n) is 6.95. The lowest BCUT2D eigenvalue weighted by Gasteiger charge is -2.06. The molecular weight excluding hydrogens is 170 g/mol. The third-order valence-electron chi connectivity index (χ3n) is 1.40. The van der Waals surface area contributed by atoms with E-state index < -0.39 is 12.5 Å². The van der Waals surface area contributed by atoms with E-state index in [-0.39, 0.29) is 0 Å². The normalized spacial score (nSPS) is 9.31. The predicted octanol–water partition coefficient (Wildman–Crippen LogP) is -0.296. The van der Waals surface area contributed by atoms with Crippen molar-refractivity contribution in [1.82, 2.24) is 5.43 Å². The minimum atomic E-state index is -0.540. The minimum Gasteiger partial charge on any atom is -0.399 e. The molecule has 0 aliphatic heterocycles. The molecule has 1 aromatic carbocycles. The number of hydrogen-bond donors (Lipinski definition) is 4. The fraction of sp³-hybridized carbons (Fsp3) is 0.125. The number of aliphatic hydroxyl groups excluding tert-OH is 1. The number of carbonyl (C=O) groups excluding carboxylic acids is 1. The molecule has 0 aromatic heterocycles. The van der Waals surface area contributed by atoms with Gasteiger partial charge in [-0.3, -0.25) is 15.6 Å². The van der Waals surface area contributed by atoms with Crippen LogP contribution in [0.4, 0.5) is 11.4 Å². The average molecular weight is 181 g/mol. The highest BCUT2D eigenvalue weighted by Crippen LogP contribution is 2.08. The van der Waals surface area contributed by atoms with Gasteiger partial charge in [0.1, 0.15) is 6.61 Å². The molecule has 0 saturated carbocycles. The van der Waals surface area contributed by atoms with Crippen LogP contribution >= 0.6 is 0 Å². The van der Waals surface area contributed by atoms with Crippen molar-refractivity contribution in [2.45, 2.75) is 0 Å². The molecule has 0 bridgehead atoms. The lowest BCUT2D eigenvalue weighted by atomic mass is 10.3. The first kappa shape index (κ1) is 9.34. The SMILES string of the molecule is Nc1ccc(NNC(=O)CO)cc1. The van der Waals surface area contributed by atoms with Crippen LogP contribution < -0.4 is 16.6 Å². The molecule has 5 nitrogen and oxygen atoms in total. The molecule has 70 valence electrons. The second-order valence-corrected chi connectivity index (χ2v) is 2.45. The first-order valence-corrected chi connectivity index (χ1v) is 3.73. The summed E-state index contributed by atoms with van der Waals surface area (Å²) < 4.78 is 0. The number of nitrogens with one attached hydrogen (secondary N) is 2. The molecule has 1 rings (SSSR count). The quantitative estimate of drug-likeness (QED) is 0.381. The molecule has 0 heterocycles. The van der Waals surface area contributed by atoms with Crippen LogP contribution in [0.25, 0.3) is 0 Å². The van der Waals surface area contributed by atoms with E-state index in [1.165, 1.54) is 0 Å². The Labute approximate surface area is 75.5 Å². The largest absolute Gasteiger partial charge is 0.399 e. The Bertz CT molecular complexity index is 284. The van der Waals surface area contributed by atoms with Crippen molar-refractivity contribution in [1.29, 1.82) is 0 Å². The van der Waals surface area contributed by atoms with Crippen LogP contribution in [0.1, 0.15) is 0 Å². The van der Waals surface area contributed by atoms with Gasteiger partial charge in [0, 0.05) is 5.69 Å². The topological polar surface area (TPSA) is 87.4 Å². The van der Waals surface area contributed by atoms with E-state index in [1.807, 2.05) is 0 Å². The number of benzene rings is 1. The number of hydrogen-bond acceptors (Lipinski definition) is 4. The number of amides is 1. The predicted molar refractivity (Wildman–Crippen MR) is 49.7 cm³/mol. The molecule has 0 aliphatic rings. The summed E-state index contributed by atoms with van der Waals surface area (Å²) in [5, 5.41) is 8.38. The van der Waals surface area contributed by atoms with Gasteiger partial charge in [0.15, 0.2) is 0 Å². The van der Waals surface area contributed by atoms with Crippen LogP contribution in [-0.4, -0.2) is 17.6 Å². The van der Waals surface area contributed by atoms with Crippen molar-refractivity contribution in [3.8, 4) is 0 Å². The average Bonchev–Trinajstić information content (AvgIpc) is 2.16. The minimum absolute atomic E-state index is 0.489. The maximum Gasteiger partial charge on any atom is 0.263 e. The van der Waals surface area contributed by atoms with Crippen LogP contribution in [0, 0.1) is 0 Å². The lowest BCUT2D eigenvalue weighted by molar-refractivity contribution is -0.123. The molecule has 0 aliphatic carbocycles. The highest BCUT2D eigenvalue weighted by Gasteiger charge is 1.95. The number of anilines is 2. The number of nitrogen functional groups attached to an aromatic ring is 1. The first-order valence-electron chi connectivity index (χ1n) is 3.73. The molecule has 5 heteroatoms. The second-order valence-electron chi connectivity index (χ2n) is 2.45. The van der Waals surface area contributed by atoms with E-state index in [1.54, 1.807) is 24.3 Å². The van der Waals surface area contributed by atoms with Gasteiger partial charge in [-0.1, -0.05) is 0 Å². The summed E-state index contributed by atoms with van der Waals surface area (Å²) in [6.07, 6.45) is 0. The van der Waals surface area contributed by atoms with Gasteiger partial charge in [0.25, 0.3) is 5.91 Å². The van der Waals surface area contributed by atoms with E-state index in [2.05, 4.69) is 10.9 Å². The fourth-order valence-electron chi connectivity index (χ4n) is 0.748. The van der Waals surface area contributed by atoms with Gasteiger partial charge < -0.3 is 10.8 Å². The van der Waals surface area contributed by atoms with Crippen molar-refractivity contribution >= 4 is 17.3 Å². The van der Waals surface area contributed by atoms with Gasteiger partial charge in [0.05, 0.1) is 5.69 Å². The van der Waals surface area contributed by atoms with Gasteiger partial charge in [-0.2, -0.15) is 0 Å². The molecular formula is C8H11N3O2. The molecule has 0 saturated heterocycles. The summed E-state index contributed by atoms with van der Waals surface area (Å²) in [6.45, 7) is -0.540. The molecule has 5 N–H and O–H groups in total. The van der Waals surface area contributed by atoms with Gasteiger partial charge in [-0.05, 0) is 24.3 Å². The van der Waals surface area contributed by atoms with Crippen molar-refractivity contribution < 1.29 is 9.90 Å². The Kier molecular flexibility index (Phi) is 3.10. The van der Waals surface area contributed by atoms with Crippen molar-refractivity contribution in [2.75, 3.05) is 17.8 Å². The Hall–Kier alpha value is -1.75. The maximum atomic E-state index is 10.6. The number of hydrazine groups is 1. The summed E-state index contributed by atoms with van der Waals surface area (Å²) in [5.41, 5.74) is 11.7. The summed E-state index contributed by atoms with van der Waals surface area (Å²) in [5.74, 6) is -0.489. The van der Waals surface area contributed by atoms with E-state index in [9.17, 15) is 4.79 Å². The molecule has 13 heavy (non-hydrogen) atoms. The Morgan fingerprint density at radius 1 is 1.38 bits per heavy atom. The smallest absolute Gasteiger partial charge is 0.263 e. The van der Waals surface area contributed by atoms with Gasteiger partial charge in [0.2, 0.25) is 0 Å². The summed E-state index contributed by atoms with van der Waals surface area (Å²) >= 11 is 0. The highest BCUT2D eigenvalue weighted by atomic mass is 16.3. The van der Waals surface area contributed by atoms with E-state index in [4.69, 9.17) is 10.8 Å². The highest BCUT2D eigenvalue weighted by molar-refractivity contribution is 5.78. The van der Waals surface area contributed by atoms with Crippen LogP contribution in [-0.2, 0) is 4.79 Å². The lowest BCUT2D eigenvalue weighted by Crippen LogP contribution is -2.31. The van der Waals surface area contributed by atoms with Crippen LogP contribution in [0.2, 0.25) is 0 Å².